The number of allylic oxidation sites excluding steroid dienone is 2. The highest BCUT2D eigenvalue weighted by atomic mass is 16.1. The molecule has 1 saturated carbocycles. The molecule has 1 heterocycles. The zero-order chi connectivity index (χ0) is 17.8. The molecule has 1 aliphatic carbocycles. The molecule has 3 rings (SSSR count). The number of carbonyl (C=O) groups is 1. The zero-order valence-electron chi connectivity index (χ0n) is 14.6. The summed E-state index contributed by atoms with van der Waals surface area (Å²) < 4.78 is 0. The normalized spacial score (nSPS) is 26.1. The van der Waals surface area contributed by atoms with Crippen LogP contribution in [0.25, 0.3) is 0 Å². The van der Waals surface area contributed by atoms with Gasteiger partial charge in [-0.05, 0) is 49.6 Å². The fourth-order valence-corrected chi connectivity index (χ4v) is 3.42. The fourth-order valence-electron chi connectivity index (χ4n) is 3.42. The molecule has 25 heavy (non-hydrogen) atoms. The first-order chi connectivity index (χ1) is 12.0. The van der Waals surface area contributed by atoms with Gasteiger partial charge in [0.25, 0.3) is 0 Å². The third-order valence-corrected chi connectivity index (χ3v) is 4.81. The summed E-state index contributed by atoms with van der Waals surface area (Å²) in [5.41, 5.74) is 14.3. The van der Waals surface area contributed by atoms with Crippen LogP contribution in [0.1, 0.15) is 31.2 Å². The SMILES string of the molecule is Cc1cccc(NC2NC(NC3CCCCC3N)=CC=C2C(N)=O)c1. The van der Waals surface area contributed by atoms with Crippen LogP contribution in [0.4, 0.5) is 5.69 Å². The van der Waals surface area contributed by atoms with Gasteiger partial charge in [-0.15, -0.1) is 0 Å². The van der Waals surface area contributed by atoms with Crippen LogP contribution in [-0.2, 0) is 4.79 Å². The van der Waals surface area contributed by atoms with Gasteiger partial charge in [0.1, 0.15) is 12.0 Å². The van der Waals surface area contributed by atoms with Crippen LogP contribution in [0, 0.1) is 6.92 Å². The number of aryl methyl sites for hydroxylation is 1. The number of carbonyl (C=O) groups excluding carboxylic acids is 1. The number of rotatable bonds is 5. The Hall–Kier alpha value is -2.47. The maximum Gasteiger partial charge on any atom is 0.248 e. The van der Waals surface area contributed by atoms with Crippen LogP contribution in [0.2, 0.25) is 0 Å². The first kappa shape index (κ1) is 17.4. The van der Waals surface area contributed by atoms with Gasteiger partial charge in [-0.25, -0.2) is 0 Å². The zero-order valence-corrected chi connectivity index (χ0v) is 14.6. The van der Waals surface area contributed by atoms with E-state index in [1.54, 1.807) is 6.08 Å². The van der Waals surface area contributed by atoms with Gasteiger partial charge in [-0.2, -0.15) is 0 Å². The standard InChI is InChI=1S/C19H27N5O/c1-12-5-4-6-13(11-12)22-19-14(18(21)25)9-10-17(24-19)23-16-8-3-2-7-15(16)20/h4-6,9-11,15-16,19,22-24H,2-3,7-8,20H2,1H3,(H2,21,25). The molecular formula is C19H27N5O. The van der Waals surface area contributed by atoms with Crippen LogP contribution < -0.4 is 27.4 Å². The van der Waals surface area contributed by atoms with E-state index < -0.39 is 5.91 Å². The predicted octanol–water partition coefficient (Wildman–Crippen LogP) is 1.45. The highest BCUT2D eigenvalue weighted by Gasteiger charge is 2.26. The topological polar surface area (TPSA) is 105 Å². The van der Waals surface area contributed by atoms with Crippen molar-refractivity contribution in [1.82, 2.24) is 10.6 Å². The number of anilines is 1. The van der Waals surface area contributed by atoms with Crippen molar-refractivity contribution < 1.29 is 4.79 Å². The summed E-state index contributed by atoms with van der Waals surface area (Å²) in [5, 5.41) is 10.2. The van der Waals surface area contributed by atoms with E-state index in [2.05, 4.69) is 16.0 Å². The Morgan fingerprint density at radius 2 is 2.00 bits per heavy atom. The molecule has 1 fully saturated rings. The van der Waals surface area contributed by atoms with Gasteiger partial charge < -0.3 is 27.4 Å². The third kappa shape index (κ3) is 4.33. The van der Waals surface area contributed by atoms with Crippen molar-refractivity contribution in [3.05, 3.63) is 53.4 Å². The molecule has 134 valence electrons. The molecule has 1 aliphatic heterocycles. The molecule has 0 bridgehead atoms. The maximum absolute atomic E-state index is 11.8. The van der Waals surface area contributed by atoms with Crippen molar-refractivity contribution in [2.45, 2.75) is 50.9 Å². The minimum absolute atomic E-state index is 0.154. The van der Waals surface area contributed by atoms with E-state index in [9.17, 15) is 4.79 Å². The Morgan fingerprint density at radius 1 is 1.20 bits per heavy atom. The minimum atomic E-state index is -0.442. The van der Waals surface area contributed by atoms with Crippen LogP contribution in [0.3, 0.4) is 0 Å². The molecule has 0 spiro atoms. The van der Waals surface area contributed by atoms with E-state index in [1.807, 2.05) is 37.3 Å². The van der Waals surface area contributed by atoms with Crippen molar-refractivity contribution in [2.24, 2.45) is 11.5 Å². The summed E-state index contributed by atoms with van der Waals surface area (Å²) in [6.07, 6.45) is 7.72. The molecule has 1 amide bonds. The Bertz CT molecular complexity index is 697. The highest BCUT2D eigenvalue weighted by Crippen LogP contribution is 2.20. The Balaban J connectivity index is 1.73. The lowest BCUT2D eigenvalue weighted by molar-refractivity contribution is -0.114. The van der Waals surface area contributed by atoms with Gasteiger partial charge in [-0.1, -0.05) is 25.0 Å². The quantitative estimate of drug-likeness (QED) is 0.557. The summed E-state index contributed by atoms with van der Waals surface area (Å²) >= 11 is 0. The van der Waals surface area contributed by atoms with Gasteiger partial charge in [0.05, 0.1) is 5.57 Å². The Labute approximate surface area is 148 Å². The summed E-state index contributed by atoms with van der Waals surface area (Å²) in [5.74, 6) is 0.417. The molecule has 1 aromatic rings. The van der Waals surface area contributed by atoms with E-state index in [-0.39, 0.29) is 18.2 Å². The molecular weight excluding hydrogens is 314 g/mol. The number of amides is 1. The van der Waals surface area contributed by atoms with Gasteiger partial charge in [0.15, 0.2) is 0 Å². The van der Waals surface area contributed by atoms with Crippen molar-refractivity contribution in [3.8, 4) is 0 Å². The summed E-state index contributed by atoms with van der Waals surface area (Å²) in [4.78, 5) is 11.8. The molecule has 2 aliphatic rings. The van der Waals surface area contributed by atoms with Crippen LogP contribution in [0.5, 0.6) is 0 Å². The Morgan fingerprint density at radius 3 is 2.72 bits per heavy atom. The monoisotopic (exact) mass is 341 g/mol. The number of nitrogens with two attached hydrogens (primary N) is 2. The number of primary amides is 1. The van der Waals surface area contributed by atoms with E-state index in [0.717, 1.165) is 29.9 Å². The summed E-state index contributed by atoms with van der Waals surface area (Å²) in [7, 11) is 0. The molecule has 7 N–H and O–H groups in total. The molecule has 6 nitrogen and oxygen atoms in total. The lowest BCUT2D eigenvalue weighted by atomic mass is 9.91. The van der Waals surface area contributed by atoms with E-state index in [4.69, 9.17) is 11.5 Å². The second-order valence-corrected chi connectivity index (χ2v) is 6.86. The average Bonchev–Trinajstić information content (AvgIpc) is 2.57. The van der Waals surface area contributed by atoms with Gasteiger partial charge in [0, 0.05) is 17.8 Å². The number of dihydropyridines is 1. The highest BCUT2D eigenvalue weighted by molar-refractivity contribution is 5.94. The lowest BCUT2D eigenvalue weighted by Gasteiger charge is -2.34. The molecule has 0 radical (unpaired) electrons. The molecule has 3 unspecified atom stereocenters. The van der Waals surface area contributed by atoms with E-state index >= 15 is 0 Å². The summed E-state index contributed by atoms with van der Waals surface area (Å²) in [6, 6.07) is 8.40. The van der Waals surface area contributed by atoms with Gasteiger partial charge >= 0.3 is 0 Å². The second kappa shape index (κ2) is 7.61. The first-order valence-electron chi connectivity index (χ1n) is 8.86. The van der Waals surface area contributed by atoms with Crippen molar-refractivity contribution in [1.29, 1.82) is 0 Å². The third-order valence-electron chi connectivity index (χ3n) is 4.81. The molecule has 0 aromatic heterocycles. The van der Waals surface area contributed by atoms with Crippen LogP contribution in [-0.4, -0.2) is 24.2 Å². The van der Waals surface area contributed by atoms with E-state index in [0.29, 0.717) is 5.57 Å². The lowest BCUT2D eigenvalue weighted by Crippen LogP contribution is -2.52. The van der Waals surface area contributed by atoms with Crippen molar-refractivity contribution in [3.63, 3.8) is 0 Å². The summed E-state index contributed by atoms with van der Waals surface area (Å²) in [6.45, 7) is 2.03. The van der Waals surface area contributed by atoms with Crippen LogP contribution in [0.15, 0.2) is 47.8 Å². The largest absolute Gasteiger partial charge is 0.368 e. The van der Waals surface area contributed by atoms with E-state index in [1.165, 1.54) is 12.8 Å². The molecule has 6 heteroatoms. The Kier molecular flexibility index (Phi) is 5.28. The number of benzene rings is 1. The smallest absolute Gasteiger partial charge is 0.248 e. The van der Waals surface area contributed by atoms with Crippen LogP contribution >= 0.6 is 0 Å². The van der Waals surface area contributed by atoms with Crippen molar-refractivity contribution >= 4 is 11.6 Å². The average molecular weight is 341 g/mol. The van der Waals surface area contributed by atoms with Crippen molar-refractivity contribution in [2.75, 3.05) is 5.32 Å². The number of hydrogen-bond acceptors (Lipinski definition) is 5. The number of nitrogens with one attached hydrogen (secondary N) is 3. The predicted molar refractivity (Wildman–Crippen MR) is 100 cm³/mol. The second-order valence-electron chi connectivity index (χ2n) is 6.86. The van der Waals surface area contributed by atoms with Gasteiger partial charge in [-0.3, -0.25) is 4.79 Å². The fraction of sp³-hybridized carbons (Fsp3) is 0.421. The molecule has 0 saturated heterocycles. The number of hydrogen-bond donors (Lipinski definition) is 5. The first-order valence-corrected chi connectivity index (χ1v) is 8.86. The minimum Gasteiger partial charge on any atom is -0.368 e. The van der Waals surface area contributed by atoms with Gasteiger partial charge in [0.2, 0.25) is 5.91 Å². The molecule has 3 atom stereocenters. The maximum atomic E-state index is 11.8. The molecule has 1 aromatic carbocycles.